The van der Waals surface area contributed by atoms with Crippen molar-refractivity contribution in [1.82, 2.24) is 5.32 Å². The average Bonchev–Trinajstić information content (AvgIpc) is 2.46. The summed E-state index contributed by atoms with van der Waals surface area (Å²) in [5, 5.41) is 4.78. The molecule has 3 nitrogen and oxygen atoms in total. The molecule has 0 aliphatic carbocycles. The number of thiocarbonyl (C=S) groups is 1. The quantitative estimate of drug-likeness (QED) is 0.733. The molecular weight excluding hydrogens is 340 g/mol. The van der Waals surface area contributed by atoms with E-state index in [0.29, 0.717) is 10.1 Å². The van der Waals surface area contributed by atoms with E-state index < -0.39 is 5.72 Å². The van der Waals surface area contributed by atoms with E-state index in [1.54, 1.807) is 0 Å². The van der Waals surface area contributed by atoms with Gasteiger partial charge in [0.2, 0.25) is 0 Å². The van der Waals surface area contributed by atoms with Crippen LogP contribution in [-0.4, -0.2) is 10.8 Å². The number of hydrogen-bond acceptors (Lipinski definition) is 2. The van der Waals surface area contributed by atoms with Crippen LogP contribution in [0, 0.1) is 13.8 Å². The fourth-order valence-electron chi connectivity index (χ4n) is 3.82. The molecule has 2 bridgehead atoms. The first-order valence-corrected chi connectivity index (χ1v) is 8.82. The number of nitrogens with one attached hydrogen (secondary N) is 1. The minimum Gasteiger partial charge on any atom is -0.466 e. The molecule has 0 amide bonds. The van der Waals surface area contributed by atoms with Gasteiger partial charge in [-0.05, 0) is 62.3 Å². The zero-order chi connectivity index (χ0) is 17.1. The van der Waals surface area contributed by atoms with Crippen molar-refractivity contribution in [3.8, 4) is 5.75 Å². The molecule has 4 rings (SSSR count). The number of para-hydroxylation sites is 1. The highest BCUT2D eigenvalue weighted by molar-refractivity contribution is 7.80. The molecule has 0 aromatic heterocycles. The second kappa shape index (κ2) is 5.36. The fourth-order valence-corrected chi connectivity index (χ4v) is 4.48. The highest BCUT2D eigenvalue weighted by Gasteiger charge is 2.48. The smallest absolute Gasteiger partial charge is 0.188 e. The van der Waals surface area contributed by atoms with Crippen molar-refractivity contribution in [2.24, 2.45) is 0 Å². The van der Waals surface area contributed by atoms with E-state index in [1.807, 2.05) is 18.2 Å². The average molecular weight is 359 g/mol. The maximum absolute atomic E-state index is 6.40. The Morgan fingerprint density at radius 3 is 2.67 bits per heavy atom. The number of anilines is 1. The summed E-state index contributed by atoms with van der Waals surface area (Å²) in [6.45, 7) is 6.27. The lowest BCUT2D eigenvalue weighted by atomic mass is 9.90. The monoisotopic (exact) mass is 358 g/mol. The standard InChI is InChI=1S/C19H19ClN2OS/c1-11-7-12(2)9-13(8-11)22-18(24)21-16-10-19(22,3)23-17-14(16)5-4-6-15(17)20/h4-9,16H,10H2,1-3H3,(H,21,24)/t16-,19+/m1/s1. The number of hydrogen-bond donors (Lipinski definition) is 1. The molecule has 124 valence electrons. The van der Waals surface area contributed by atoms with Crippen LogP contribution in [0.4, 0.5) is 5.69 Å². The van der Waals surface area contributed by atoms with Crippen LogP contribution >= 0.6 is 23.8 Å². The van der Waals surface area contributed by atoms with Crippen molar-refractivity contribution >= 4 is 34.6 Å². The van der Waals surface area contributed by atoms with E-state index >= 15 is 0 Å². The Hall–Kier alpha value is -1.78. The van der Waals surface area contributed by atoms with E-state index in [1.165, 1.54) is 11.1 Å². The van der Waals surface area contributed by atoms with Gasteiger partial charge in [-0.2, -0.15) is 0 Å². The SMILES string of the molecule is Cc1cc(C)cc(N2C(=S)N[C@@H]3C[C@]2(C)Oc2c(Cl)cccc23)c1. The number of ether oxygens (including phenoxy) is 1. The summed E-state index contributed by atoms with van der Waals surface area (Å²) in [6.07, 6.45) is 0.799. The van der Waals surface area contributed by atoms with E-state index in [9.17, 15) is 0 Å². The lowest BCUT2D eigenvalue weighted by Gasteiger charge is -2.52. The van der Waals surface area contributed by atoms with Gasteiger partial charge in [0.15, 0.2) is 10.8 Å². The summed E-state index contributed by atoms with van der Waals surface area (Å²) in [5.74, 6) is 0.752. The fraction of sp³-hybridized carbons (Fsp3) is 0.316. The van der Waals surface area contributed by atoms with Gasteiger partial charge in [-0.1, -0.05) is 29.8 Å². The zero-order valence-corrected chi connectivity index (χ0v) is 15.5. The molecule has 2 atom stereocenters. The summed E-state index contributed by atoms with van der Waals surface area (Å²) >= 11 is 12.1. The van der Waals surface area contributed by atoms with Crippen molar-refractivity contribution in [3.63, 3.8) is 0 Å². The van der Waals surface area contributed by atoms with Crippen LogP contribution in [0.2, 0.25) is 5.02 Å². The molecule has 2 aromatic rings. The van der Waals surface area contributed by atoms with Crippen molar-refractivity contribution in [3.05, 3.63) is 58.1 Å². The number of benzene rings is 2. The number of fused-ring (bicyclic) bond motifs is 4. The second-order valence-electron chi connectivity index (χ2n) is 6.82. The third-order valence-electron chi connectivity index (χ3n) is 4.72. The molecule has 0 radical (unpaired) electrons. The summed E-state index contributed by atoms with van der Waals surface area (Å²) in [5.41, 5.74) is 3.95. The first kappa shape index (κ1) is 15.7. The van der Waals surface area contributed by atoms with Gasteiger partial charge in [-0.25, -0.2) is 0 Å². The first-order chi connectivity index (χ1) is 11.4. The molecule has 2 aliphatic rings. The molecule has 0 saturated carbocycles. The number of halogens is 1. The van der Waals surface area contributed by atoms with Crippen molar-refractivity contribution in [2.45, 2.75) is 39.0 Å². The Morgan fingerprint density at radius 2 is 1.96 bits per heavy atom. The minimum absolute atomic E-state index is 0.118. The van der Waals surface area contributed by atoms with Crippen LogP contribution in [0.25, 0.3) is 0 Å². The number of aryl methyl sites for hydroxylation is 2. The van der Waals surface area contributed by atoms with E-state index in [2.05, 4.69) is 49.2 Å². The first-order valence-electron chi connectivity index (χ1n) is 8.04. The Kier molecular flexibility index (Phi) is 3.52. The molecule has 1 fully saturated rings. The molecule has 0 unspecified atom stereocenters. The van der Waals surface area contributed by atoms with Crippen molar-refractivity contribution in [1.29, 1.82) is 0 Å². The van der Waals surface area contributed by atoms with Crippen LogP contribution in [0.1, 0.15) is 36.1 Å². The minimum atomic E-state index is -0.564. The number of rotatable bonds is 1. The van der Waals surface area contributed by atoms with Gasteiger partial charge in [0, 0.05) is 17.7 Å². The van der Waals surface area contributed by atoms with Crippen LogP contribution in [0.5, 0.6) is 5.75 Å². The predicted octanol–water partition coefficient (Wildman–Crippen LogP) is 4.89. The number of nitrogens with zero attached hydrogens (tertiary/aromatic N) is 1. The molecule has 1 saturated heterocycles. The Balaban J connectivity index is 1.84. The van der Waals surface area contributed by atoms with Crippen LogP contribution in [-0.2, 0) is 0 Å². The summed E-state index contributed by atoms with van der Waals surface area (Å²) in [4.78, 5) is 2.07. The molecule has 2 heterocycles. The molecule has 5 heteroatoms. The van der Waals surface area contributed by atoms with E-state index in [0.717, 1.165) is 23.4 Å². The summed E-state index contributed by atoms with van der Waals surface area (Å²) < 4.78 is 6.40. The van der Waals surface area contributed by atoms with Crippen molar-refractivity contribution < 1.29 is 4.74 Å². The third kappa shape index (κ3) is 2.36. The normalized spacial score (nSPS) is 24.9. The molecular formula is C19H19ClN2OS. The summed E-state index contributed by atoms with van der Waals surface area (Å²) in [7, 11) is 0. The molecule has 2 aliphatic heterocycles. The largest absolute Gasteiger partial charge is 0.466 e. The van der Waals surface area contributed by atoms with Gasteiger partial charge >= 0.3 is 0 Å². The molecule has 24 heavy (non-hydrogen) atoms. The summed E-state index contributed by atoms with van der Waals surface area (Å²) in [6, 6.07) is 12.4. The second-order valence-corrected chi connectivity index (χ2v) is 7.62. The maximum Gasteiger partial charge on any atom is 0.188 e. The molecule has 0 spiro atoms. The lowest BCUT2D eigenvalue weighted by molar-refractivity contribution is 0.0499. The van der Waals surface area contributed by atoms with Gasteiger partial charge in [-0.15, -0.1) is 0 Å². The van der Waals surface area contributed by atoms with Crippen LogP contribution in [0.3, 0.4) is 0 Å². The topological polar surface area (TPSA) is 24.5 Å². The van der Waals surface area contributed by atoms with E-state index in [4.69, 9.17) is 28.6 Å². The Morgan fingerprint density at radius 1 is 1.25 bits per heavy atom. The Labute approximate surface area is 152 Å². The highest BCUT2D eigenvalue weighted by atomic mass is 35.5. The van der Waals surface area contributed by atoms with E-state index in [-0.39, 0.29) is 6.04 Å². The van der Waals surface area contributed by atoms with Gasteiger partial charge in [0.1, 0.15) is 5.75 Å². The van der Waals surface area contributed by atoms with Crippen molar-refractivity contribution in [2.75, 3.05) is 4.90 Å². The Bertz CT molecular complexity index is 833. The van der Waals surface area contributed by atoms with Gasteiger partial charge in [0.25, 0.3) is 0 Å². The predicted molar refractivity (Wildman–Crippen MR) is 102 cm³/mol. The van der Waals surface area contributed by atoms with Gasteiger partial charge < -0.3 is 10.1 Å². The molecule has 1 N–H and O–H groups in total. The zero-order valence-electron chi connectivity index (χ0n) is 13.9. The maximum atomic E-state index is 6.40. The van der Waals surface area contributed by atoms with Gasteiger partial charge in [0.05, 0.1) is 11.1 Å². The van der Waals surface area contributed by atoms with Gasteiger partial charge in [-0.3, -0.25) is 4.90 Å². The third-order valence-corrected chi connectivity index (χ3v) is 5.31. The van der Waals surface area contributed by atoms with Crippen LogP contribution in [0.15, 0.2) is 36.4 Å². The highest BCUT2D eigenvalue weighted by Crippen LogP contribution is 2.48. The lowest BCUT2D eigenvalue weighted by Crippen LogP contribution is -2.65. The molecule has 2 aromatic carbocycles. The van der Waals surface area contributed by atoms with Crippen LogP contribution < -0.4 is 15.0 Å².